The Balaban J connectivity index is 1.56. The lowest BCUT2D eigenvalue weighted by molar-refractivity contribution is 0.0144. The van der Waals surface area contributed by atoms with Crippen LogP contribution < -0.4 is 5.32 Å². The molecule has 0 aliphatic carbocycles. The van der Waals surface area contributed by atoms with E-state index < -0.39 is 5.60 Å². The number of aryl methyl sites for hydroxylation is 1. The number of nitrogens with zero attached hydrogens (tertiary/aromatic N) is 2. The molecule has 5 nitrogen and oxygen atoms in total. The van der Waals surface area contributed by atoms with Crippen molar-refractivity contribution in [2.24, 2.45) is 0 Å². The fourth-order valence-electron chi connectivity index (χ4n) is 2.85. The quantitative estimate of drug-likeness (QED) is 0.804. The van der Waals surface area contributed by atoms with Crippen molar-refractivity contribution in [2.75, 3.05) is 39.3 Å². The van der Waals surface area contributed by atoms with Crippen LogP contribution in [-0.4, -0.2) is 60.8 Å². The zero-order valence-electron chi connectivity index (χ0n) is 16.2. The number of piperazine rings is 1. The monoisotopic (exact) mass is 347 g/mol. The van der Waals surface area contributed by atoms with Gasteiger partial charge in [-0.1, -0.05) is 29.8 Å². The second-order valence-corrected chi connectivity index (χ2v) is 7.82. The van der Waals surface area contributed by atoms with E-state index in [1.54, 1.807) is 0 Å². The highest BCUT2D eigenvalue weighted by Gasteiger charge is 2.25. The number of amides is 1. The predicted octanol–water partition coefficient (Wildman–Crippen LogP) is 3.03. The van der Waals surface area contributed by atoms with Gasteiger partial charge in [0.05, 0.1) is 0 Å². The highest BCUT2D eigenvalue weighted by atomic mass is 16.6. The number of nitrogens with one attached hydrogen (secondary N) is 1. The maximum atomic E-state index is 12.1. The van der Waals surface area contributed by atoms with E-state index in [1.165, 1.54) is 11.1 Å². The summed E-state index contributed by atoms with van der Waals surface area (Å²) in [6.07, 6.45) is 0.935. The highest BCUT2D eigenvalue weighted by molar-refractivity contribution is 5.68. The van der Waals surface area contributed by atoms with Gasteiger partial charge in [-0.05, 0) is 52.8 Å². The molecular weight excluding hydrogens is 314 g/mol. The van der Waals surface area contributed by atoms with Crippen LogP contribution in [0.1, 0.15) is 38.3 Å². The Bertz CT molecular complexity index is 529. The fraction of sp³-hybridized carbons (Fsp3) is 0.650. The Morgan fingerprint density at radius 2 is 1.76 bits per heavy atom. The maximum Gasteiger partial charge on any atom is 0.410 e. The first-order valence-electron chi connectivity index (χ1n) is 9.30. The largest absolute Gasteiger partial charge is 0.444 e. The SMILES string of the molecule is Cc1ccc(CNCCCN2CCN(C(=O)OC(C)(C)C)CC2)cc1. The van der Waals surface area contributed by atoms with Gasteiger partial charge in [-0.3, -0.25) is 4.90 Å². The minimum Gasteiger partial charge on any atom is -0.444 e. The number of hydrogen-bond acceptors (Lipinski definition) is 4. The minimum atomic E-state index is -0.419. The normalized spacial score (nSPS) is 16.1. The van der Waals surface area contributed by atoms with Crippen molar-refractivity contribution in [1.29, 1.82) is 0 Å². The maximum absolute atomic E-state index is 12.1. The molecule has 1 saturated heterocycles. The molecule has 1 aromatic carbocycles. The smallest absolute Gasteiger partial charge is 0.410 e. The number of rotatable bonds is 6. The van der Waals surface area contributed by atoms with Gasteiger partial charge in [0.25, 0.3) is 0 Å². The third-order valence-corrected chi connectivity index (χ3v) is 4.30. The molecule has 1 aliphatic rings. The van der Waals surface area contributed by atoms with E-state index in [1.807, 2.05) is 25.7 Å². The van der Waals surface area contributed by atoms with Gasteiger partial charge in [-0.2, -0.15) is 0 Å². The zero-order chi connectivity index (χ0) is 18.3. The Morgan fingerprint density at radius 1 is 1.12 bits per heavy atom. The minimum absolute atomic E-state index is 0.188. The third kappa shape index (κ3) is 7.45. The first kappa shape index (κ1) is 19.7. The molecule has 0 bridgehead atoms. The molecule has 0 atom stereocenters. The second kappa shape index (κ2) is 9.20. The van der Waals surface area contributed by atoms with Gasteiger partial charge < -0.3 is 15.0 Å². The molecule has 2 rings (SSSR count). The van der Waals surface area contributed by atoms with Crippen molar-refractivity contribution in [1.82, 2.24) is 15.1 Å². The summed E-state index contributed by atoms with van der Waals surface area (Å²) in [5, 5.41) is 3.50. The molecule has 1 N–H and O–H groups in total. The lowest BCUT2D eigenvalue weighted by Crippen LogP contribution is -2.50. The summed E-state index contributed by atoms with van der Waals surface area (Å²) in [7, 11) is 0. The van der Waals surface area contributed by atoms with Gasteiger partial charge in [0.2, 0.25) is 0 Å². The molecule has 1 aliphatic heterocycles. The van der Waals surface area contributed by atoms with E-state index in [0.29, 0.717) is 0 Å². The van der Waals surface area contributed by atoms with Gasteiger partial charge >= 0.3 is 6.09 Å². The number of ether oxygens (including phenoxy) is 1. The molecule has 1 fully saturated rings. The molecule has 5 heteroatoms. The molecule has 0 unspecified atom stereocenters. The summed E-state index contributed by atoms with van der Waals surface area (Å²) >= 11 is 0. The molecule has 1 amide bonds. The summed E-state index contributed by atoms with van der Waals surface area (Å²) < 4.78 is 5.43. The summed E-state index contributed by atoms with van der Waals surface area (Å²) in [6.45, 7) is 14.2. The average Bonchev–Trinajstić information content (AvgIpc) is 2.55. The molecule has 0 spiro atoms. The third-order valence-electron chi connectivity index (χ3n) is 4.30. The number of carbonyl (C=O) groups is 1. The van der Waals surface area contributed by atoms with Crippen LogP contribution in [0.25, 0.3) is 0 Å². The standard InChI is InChI=1S/C20H33N3O2/c1-17-6-8-18(9-7-17)16-21-10-5-11-22-12-14-23(15-13-22)19(24)25-20(2,3)4/h6-9,21H,5,10-16H2,1-4H3. The molecule has 140 valence electrons. The second-order valence-electron chi connectivity index (χ2n) is 7.82. The molecule has 0 radical (unpaired) electrons. The number of carbonyl (C=O) groups excluding carboxylic acids is 1. The van der Waals surface area contributed by atoms with E-state index in [-0.39, 0.29) is 6.09 Å². The van der Waals surface area contributed by atoms with E-state index in [9.17, 15) is 4.79 Å². The van der Waals surface area contributed by atoms with E-state index in [4.69, 9.17) is 4.74 Å². The van der Waals surface area contributed by atoms with Crippen molar-refractivity contribution in [3.63, 3.8) is 0 Å². The summed E-state index contributed by atoms with van der Waals surface area (Å²) in [5.74, 6) is 0. The molecule has 1 heterocycles. The molecule has 1 aromatic rings. The van der Waals surface area contributed by atoms with Crippen LogP contribution in [0.2, 0.25) is 0 Å². The van der Waals surface area contributed by atoms with Crippen LogP contribution >= 0.6 is 0 Å². The van der Waals surface area contributed by atoms with Crippen LogP contribution in [-0.2, 0) is 11.3 Å². The molecule has 0 saturated carbocycles. The number of benzene rings is 1. The van der Waals surface area contributed by atoms with Crippen molar-refractivity contribution in [3.05, 3.63) is 35.4 Å². The lowest BCUT2D eigenvalue weighted by atomic mass is 10.1. The summed E-state index contributed by atoms with van der Waals surface area (Å²) in [4.78, 5) is 16.3. The topological polar surface area (TPSA) is 44.8 Å². The van der Waals surface area contributed by atoms with Crippen LogP contribution in [0, 0.1) is 6.92 Å². The van der Waals surface area contributed by atoms with Gasteiger partial charge in [0.1, 0.15) is 5.60 Å². The Labute approximate surface area is 152 Å². The van der Waals surface area contributed by atoms with Crippen LogP contribution in [0.3, 0.4) is 0 Å². The van der Waals surface area contributed by atoms with Gasteiger partial charge in [0.15, 0.2) is 0 Å². The average molecular weight is 348 g/mol. The van der Waals surface area contributed by atoms with Gasteiger partial charge in [0, 0.05) is 32.7 Å². The predicted molar refractivity (Wildman–Crippen MR) is 102 cm³/mol. The van der Waals surface area contributed by atoms with Crippen molar-refractivity contribution in [3.8, 4) is 0 Å². The van der Waals surface area contributed by atoms with Gasteiger partial charge in [-0.15, -0.1) is 0 Å². The molecule has 25 heavy (non-hydrogen) atoms. The lowest BCUT2D eigenvalue weighted by Gasteiger charge is -2.35. The van der Waals surface area contributed by atoms with Crippen molar-refractivity contribution >= 4 is 6.09 Å². The fourth-order valence-corrected chi connectivity index (χ4v) is 2.85. The Morgan fingerprint density at radius 3 is 2.36 bits per heavy atom. The summed E-state index contributed by atoms with van der Waals surface area (Å²) in [6, 6.07) is 8.67. The van der Waals surface area contributed by atoms with Gasteiger partial charge in [-0.25, -0.2) is 4.79 Å². The van der Waals surface area contributed by atoms with E-state index >= 15 is 0 Å². The molecular formula is C20H33N3O2. The van der Waals surface area contributed by atoms with E-state index in [2.05, 4.69) is 41.4 Å². The van der Waals surface area contributed by atoms with E-state index in [0.717, 1.165) is 52.2 Å². The molecule has 0 aromatic heterocycles. The van der Waals surface area contributed by atoms with Crippen LogP contribution in [0.5, 0.6) is 0 Å². The highest BCUT2D eigenvalue weighted by Crippen LogP contribution is 2.12. The Hall–Kier alpha value is -1.59. The van der Waals surface area contributed by atoms with Crippen LogP contribution in [0.15, 0.2) is 24.3 Å². The summed E-state index contributed by atoms with van der Waals surface area (Å²) in [5.41, 5.74) is 2.21. The Kier molecular flexibility index (Phi) is 7.26. The van der Waals surface area contributed by atoms with Crippen LogP contribution in [0.4, 0.5) is 4.79 Å². The zero-order valence-corrected chi connectivity index (χ0v) is 16.2. The number of hydrogen-bond donors (Lipinski definition) is 1. The first-order valence-corrected chi connectivity index (χ1v) is 9.30. The van der Waals surface area contributed by atoms with Crippen molar-refractivity contribution in [2.45, 2.75) is 46.3 Å². The first-order chi connectivity index (χ1) is 11.8. The van der Waals surface area contributed by atoms with Crippen molar-refractivity contribution < 1.29 is 9.53 Å².